The summed E-state index contributed by atoms with van der Waals surface area (Å²) in [7, 11) is 0. The van der Waals surface area contributed by atoms with Crippen LogP contribution in [0.2, 0.25) is 0 Å². The van der Waals surface area contributed by atoms with E-state index in [2.05, 4.69) is 21.3 Å². The van der Waals surface area contributed by atoms with Crippen molar-refractivity contribution in [3.05, 3.63) is 29.8 Å². The van der Waals surface area contributed by atoms with E-state index in [0.717, 1.165) is 25.9 Å². The molecule has 0 radical (unpaired) electrons. The van der Waals surface area contributed by atoms with Gasteiger partial charge >= 0.3 is 6.03 Å². The van der Waals surface area contributed by atoms with Crippen LogP contribution in [0.1, 0.15) is 30.1 Å². The molecular formula is C15H23ClN4O2. The number of carbonyl (C=O) groups excluding carboxylic acids is 2. The Labute approximate surface area is 136 Å². The quantitative estimate of drug-likeness (QED) is 0.576. The summed E-state index contributed by atoms with van der Waals surface area (Å²) in [5.41, 5.74) is 1.16. The first-order valence-corrected chi connectivity index (χ1v) is 7.35. The highest BCUT2D eigenvalue weighted by Gasteiger charge is 2.23. The molecule has 0 saturated heterocycles. The highest BCUT2D eigenvalue weighted by molar-refractivity contribution is 5.96. The van der Waals surface area contributed by atoms with E-state index in [1.54, 1.807) is 24.3 Å². The first kappa shape index (κ1) is 18.3. The smallest absolute Gasteiger partial charge is 0.319 e. The van der Waals surface area contributed by atoms with Crippen molar-refractivity contribution in [3.63, 3.8) is 0 Å². The molecule has 1 fully saturated rings. The van der Waals surface area contributed by atoms with E-state index in [-0.39, 0.29) is 24.3 Å². The topological polar surface area (TPSA) is 82.3 Å². The van der Waals surface area contributed by atoms with Gasteiger partial charge in [-0.05, 0) is 37.6 Å². The molecule has 1 aliphatic rings. The van der Waals surface area contributed by atoms with Gasteiger partial charge in [0.2, 0.25) is 0 Å². The Morgan fingerprint density at radius 2 is 2.00 bits per heavy atom. The minimum Gasteiger partial charge on any atom is -0.351 e. The number of hydrogen-bond donors (Lipinski definition) is 4. The van der Waals surface area contributed by atoms with E-state index < -0.39 is 0 Å². The number of rotatable bonds is 7. The molecule has 22 heavy (non-hydrogen) atoms. The fourth-order valence-electron chi connectivity index (χ4n) is 1.86. The van der Waals surface area contributed by atoms with Crippen molar-refractivity contribution in [3.8, 4) is 0 Å². The Morgan fingerprint density at radius 1 is 1.23 bits per heavy atom. The summed E-state index contributed by atoms with van der Waals surface area (Å²) in [5.74, 6) is -0.140. The van der Waals surface area contributed by atoms with Crippen molar-refractivity contribution in [1.29, 1.82) is 0 Å². The number of benzene rings is 1. The van der Waals surface area contributed by atoms with Gasteiger partial charge in [-0.1, -0.05) is 13.0 Å². The van der Waals surface area contributed by atoms with E-state index in [4.69, 9.17) is 0 Å². The zero-order valence-corrected chi connectivity index (χ0v) is 13.5. The van der Waals surface area contributed by atoms with Gasteiger partial charge in [-0.25, -0.2) is 4.79 Å². The number of halogens is 1. The monoisotopic (exact) mass is 326 g/mol. The Hall–Kier alpha value is -1.79. The molecule has 1 aromatic rings. The minimum absolute atomic E-state index is 0. The Kier molecular flexibility index (Phi) is 7.70. The van der Waals surface area contributed by atoms with Gasteiger partial charge in [-0.15, -0.1) is 12.4 Å². The van der Waals surface area contributed by atoms with Crippen LogP contribution in [0.15, 0.2) is 24.3 Å². The molecule has 2 rings (SSSR count). The third kappa shape index (κ3) is 6.32. The van der Waals surface area contributed by atoms with Gasteiger partial charge in [0.1, 0.15) is 0 Å². The summed E-state index contributed by atoms with van der Waals surface area (Å²) in [5, 5.41) is 11.5. The molecule has 6 nitrogen and oxygen atoms in total. The van der Waals surface area contributed by atoms with Crippen molar-refractivity contribution in [1.82, 2.24) is 16.0 Å². The fourth-order valence-corrected chi connectivity index (χ4v) is 1.86. The van der Waals surface area contributed by atoms with Crippen molar-refractivity contribution < 1.29 is 9.59 Å². The molecule has 0 heterocycles. The summed E-state index contributed by atoms with van der Waals surface area (Å²) in [6, 6.07) is 7.01. The second kappa shape index (κ2) is 9.27. The number of likely N-dealkylation sites (N-methyl/N-ethyl adjacent to an activating group) is 1. The first-order valence-electron chi connectivity index (χ1n) is 7.35. The van der Waals surface area contributed by atoms with Gasteiger partial charge in [0.15, 0.2) is 0 Å². The number of carbonyl (C=O) groups is 2. The van der Waals surface area contributed by atoms with Gasteiger partial charge in [-0.3, -0.25) is 4.79 Å². The molecule has 7 heteroatoms. The first-order chi connectivity index (χ1) is 10.2. The molecule has 122 valence electrons. The lowest BCUT2D eigenvalue weighted by Gasteiger charge is -2.09. The van der Waals surface area contributed by atoms with Crippen LogP contribution in [-0.4, -0.2) is 37.6 Å². The average molecular weight is 327 g/mol. The van der Waals surface area contributed by atoms with Crippen molar-refractivity contribution in [2.45, 2.75) is 25.8 Å². The van der Waals surface area contributed by atoms with Crippen LogP contribution in [-0.2, 0) is 0 Å². The van der Waals surface area contributed by atoms with Crippen LogP contribution in [0, 0.1) is 0 Å². The largest absolute Gasteiger partial charge is 0.351 e. The van der Waals surface area contributed by atoms with E-state index in [9.17, 15) is 9.59 Å². The third-order valence-electron chi connectivity index (χ3n) is 3.13. The summed E-state index contributed by atoms with van der Waals surface area (Å²) in [6.07, 6.45) is 2.09. The van der Waals surface area contributed by atoms with Crippen LogP contribution in [0.4, 0.5) is 10.5 Å². The third-order valence-corrected chi connectivity index (χ3v) is 3.13. The molecule has 0 atom stereocenters. The van der Waals surface area contributed by atoms with Crippen LogP contribution in [0.3, 0.4) is 0 Å². The zero-order valence-electron chi connectivity index (χ0n) is 12.6. The second-order valence-electron chi connectivity index (χ2n) is 5.06. The molecule has 1 saturated carbocycles. The number of nitrogens with one attached hydrogen (secondary N) is 4. The number of hydrogen-bond acceptors (Lipinski definition) is 3. The maximum absolute atomic E-state index is 12.0. The summed E-state index contributed by atoms with van der Waals surface area (Å²) >= 11 is 0. The number of anilines is 1. The minimum atomic E-state index is -0.220. The zero-order chi connectivity index (χ0) is 15.1. The molecule has 0 bridgehead atoms. The molecule has 1 aromatic carbocycles. The SMILES string of the molecule is CCNCCNC(=O)c1cccc(NC(=O)NC2CC2)c1.Cl. The van der Waals surface area contributed by atoms with Crippen LogP contribution in [0.25, 0.3) is 0 Å². The Morgan fingerprint density at radius 3 is 2.68 bits per heavy atom. The molecule has 1 aliphatic carbocycles. The Bertz CT molecular complexity index is 506. The second-order valence-corrected chi connectivity index (χ2v) is 5.06. The van der Waals surface area contributed by atoms with Gasteiger partial charge in [0, 0.05) is 30.4 Å². The summed E-state index contributed by atoms with van der Waals surface area (Å²) in [6.45, 7) is 4.21. The predicted octanol–water partition coefficient (Wildman–Crippen LogP) is 1.73. The fraction of sp³-hybridized carbons (Fsp3) is 0.467. The molecule has 0 unspecified atom stereocenters. The maximum atomic E-state index is 12.0. The maximum Gasteiger partial charge on any atom is 0.319 e. The van der Waals surface area contributed by atoms with Gasteiger partial charge in [-0.2, -0.15) is 0 Å². The lowest BCUT2D eigenvalue weighted by atomic mass is 10.2. The summed E-state index contributed by atoms with van der Waals surface area (Å²) < 4.78 is 0. The molecule has 0 spiro atoms. The van der Waals surface area contributed by atoms with Crippen LogP contribution >= 0.6 is 12.4 Å². The average Bonchev–Trinajstić information content (AvgIpc) is 3.27. The summed E-state index contributed by atoms with van der Waals surface area (Å²) in [4.78, 5) is 23.6. The van der Waals surface area contributed by atoms with Gasteiger partial charge < -0.3 is 21.3 Å². The molecule has 4 N–H and O–H groups in total. The van der Waals surface area contributed by atoms with Crippen molar-refractivity contribution >= 4 is 30.0 Å². The Balaban J connectivity index is 0.00000242. The van der Waals surface area contributed by atoms with E-state index in [1.165, 1.54) is 0 Å². The molecule has 0 aliphatic heterocycles. The van der Waals surface area contributed by atoms with E-state index in [0.29, 0.717) is 23.8 Å². The van der Waals surface area contributed by atoms with Gasteiger partial charge in [0.25, 0.3) is 5.91 Å². The van der Waals surface area contributed by atoms with Gasteiger partial charge in [0.05, 0.1) is 0 Å². The van der Waals surface area contributed by atoms with E-state index in [1.807, 2.05) is 6.92 Å². The normalized spacial score (nSPS) is 13.0. The van der Waals surface area contributed by atoms with E-state index >= 15 is 0 Å². The lowest BCUT2D eigenvalue weighted by Crippen LogP contribution is -2.32. The molecule has 3 amide bonds. The molecule has 0 aromatic heterocycles. The number of amides is 3. The van der Waals surface area contributed by atoms with Crippen molar-refractivity contribution in [2.75, 3.05) is 25.0 Å². The van der Waals surface area contributed by atoms with Crippen LogP contribution < -0.4 is 21.3 Å². The number of urea groups is 1. The van der Waals surface area contributed by atoms with Crippen LogP contribution in [0.5, 0.6) is 0 Å². The highest BCUT2D eigenvalue weighted by atomic mass is 35.5. The predicted molar refractivity (Wildman–Crippen MR) is 89.7 cm³/mol. The highest BCUT2D eigenvalue weighted by Crippen LogP contribution is 2.19. The lowest BCUT2D eigenvalue weighted by molar-refractivity contribution is 0.0954. The molecular weight excluding hydrogens is 304 g/mol. The standard InChI is InChI=1S/C15H22N4O2.ClH/c1-2-16-8-9-17-14(20)11-4-3-5-13(10-11)19-15(21)18-12-6-7-12;/h3-5,10,12,16H,2,6-9H2,1H3,(H,17,20)(H2,18,19,21);1H. The van der Waals surface area contributed by atoms with Crippen molar-refractivity contribution in [2.24, 2.45) is 0 Å².